The predicted molar refractivity (Wildman–Crippen MR) is 122 cm³/mol. The van der Waals surface area contributed by atoms with Crippen molar-refractivity contribution in [1.29, 1.82) is 0 Å². The number of fused-ring (bicyclic) bond motifs is 3. The number of nitro benzene ring substituents is 1. The molecule has 5 rings (SSSR count). The number of allylic oxidation sites excluding steroid dienone is 1. The maximum absolute atomic E-state index is 13.5. The zero-order valence-electron chi connectivity index (χ0n) is 17.1. The highest BCUT2D eigenvalue weighted by atomic mass is 16.6. The normalized spacial score (nSPS) is 15.2. The Kier molecular flexibility index (Phi) is 4.67. The molecular weight excluding hydrogens is 406 g/mol. The van der Waals surface area contributed by atoms with Crippen LogP contribution in [0, 0.1) is 10.1 Å². The number of para-hydroxylation sites is 3. The van der Waals surface area contributed by atoms with Crippen molar-refractivity contribution in [2.24, 2.45) is 0 Å². The number of nitrogens with one attached hydrogen (secondary N) is 2. The standard InChI is InChI=1S/C24H19N5O3/c1-15-21(23(30)26-17-9-3-2-4-10-17)22(16-8-7-11-18(14-16)29(31)32)28-20-13-6-5-12-19(20)27-24(28)25-15/h2-14,22H,1H3,(H,25,27)(H,26,30)/t22-/m0/s1. The smallest absolute Gasteiger partial charge is 0.269 e. The lowest BCUT2D eigenvalue weighted by Crippen LogP contribution is -2.31. The zero-order chi connectivity index (χ0) is 22.2. The molecule has 2 N–H and O–H groups in total. The number of nitro groups is 1. The lowest BCUT2D eigenvalue weighted by Gasteiger charge is -2.30. The van der Waals surface area contributed by atoms with Crippen molar-refractivity contribution in [3.8, 4) is 0 Å². The molecule has 1 atom stereocenters. The second kappa shape index (κ2) is 7.66. The summed E-state index contributed by atoms with van der Waals surface area (Å²) in [6, 6.07) is 22.6. The van der Waals surface area contributed by atoms with E-state index >= 15 is 0 Å². The number of carbonyl (C=O) groups is 1. The summed E-state index contributed by atoms with van der Waals surface area (Å²) < 4.78 is 1.92. The van der Waals surface area contributed by atoms with Crippen molar-refractivity contribution >= 4 is 34.3 Å². The molecule has 1 aromatic heterocycles. The minimum Gasteiger partial charge on any atom is -0.329 e. The van der Waals surface area contributed by atoms with Crippen molar-refractivity contribution < 1.29 is 9.72 Å². The van der Waals surface area contributed by atoms with Gasteiger partial charge in [-0.1, -0.05) is 42.5 Å². The summed E-state index contributed by atoms with van der Waals surface area (Å²) in [5, 5.41) is 17.6. The molecule has 0 saturated carbocycles. The van der Waals surface area contributed by atoms with Crippen LogP contribution in [0.2, 0.25) is 0 Å². The van der Waals surface area contributed by atoms with Gasteiger partial charge in [0.15, 0.2) is 0 Å². The Balaban J connectivity index is 1.70. The fourth-order valence-electron chi connectivity index (χ4n) is 4.10. The van der Waals surface area contributed by atoms with Crippen LogP contribution >= 0.6 is 0 Å². The van der Waals surface area contributed by atoms with E-state index in [9.17, 15) is 14.9 Å². The Hall–Kier alpha value is -4.46. The number of anilines is 2. The van der Waals surface area contributed by atoms with E-state index in [4.69, 9.17) is 0 Å². The van der Waals surface area contributed by atoms with Crippen molar-refractivity contribution in [3.63, 3.8) is 0 Å². The molecule has 32 heavy (non-hydrogen) atoms. The molecule has 3 aromatic carbocycles. The number of hydrogen-bond acceptors (Lipinski definition) is 5. The van der Waals surface area contributed by atoms with Crippen LogP contribution < -0.4 is 10.6 Å². The molecule has 0 fully saturated rings. The topological polar surface area (TPSA) is 102 Å². The maximum atomic E-state index is 13.5. The van der Waals surface area contributed by atoms with Gasteiger partial charge in [-0.2, -0.15) is 0 Å². The Morgan fingerprint density at radius 3 is 2.59 bits per heavy atom. The molecule has 1 amide bonds. The molecule has 1 aliphatic heterocycles. The number of amides is 1. The first-order valence-electron chi connectivity index (χ1n) is 10.1. The van der Waals surface area contributed by atoms with Crippen LogP contribution in [0.15, 0.2) is 90.1 Å². The summed E-state index contributed by atoms with van der Waals surface area (Å²) in [6.45, 7) is 1.81. The van der Waals surface area contributed by atoms with Gasteiger partial charge in [-0.3, -0.25) is 19.5 Å². The molecule has 0 radical (unpaired) electrons. The molecule has 0 bridgehead atoms. The number of hydrogen-bond donors (Lipinski definition) is 2. The summed E-state index contributed by atoms with van der Waals surface area (Å²) in [4.78, 5) is 29.2. The van der Waals surface area contributed by atoms with Crippen LogP contribution in [0.3, 0.4) is 0 Å². The highest BCUT2D eigenvalue weighted by Crippen LogP contribution is 2.40. The zero-order valence-corrected chi connectivity index (χ0v) is 17.1. The fourth-order valence-corrected chi connectivity index (χ4v) is 4.10. The van der Waals surface area contributed by atoms with Gasteiger partial charge in [0.1, 0.15) is 0 Å². The van der Waals surface area contributed by atoms with Gasteiger partial charge in [-0.15, -0.1) is 0 Å². The third kappa shape index (κ3) is 3.27. The summed E-state index contributed by atoms with van der Waals surface area (Å²) in [6.07, 6.45) is 0. The number of benzene rings is 3. The number of rotatable bonds is 4. The van der Waals surface area contributed by atoms with E-state index in [-0.39, 0.29) is 11.6 Å². The van der Waals surface area contributed by atoms with E-state index in [2.05, 4.69) is 15.6 Å². The molecule has 0 saturated heterocycles. The highest BCUT2D eigenvalue weighted by molar-refractivity contribution is 6.06. The summed E-state index contributed by atoms with van der Waals surface area (Å²) in [7, 11) is 0. The van der Waals surface area contributed by atoms with E-state index in [1.807, 2.05) is 66.1 Å². The molecule has 1 aliphatic rings. The predicted octanol–water partition coefficient (Wildman–Crippen LogP) is 4.87. The molecular formula is C24H19N5O3. The van der Waals surface area contributed by atoms with Crippen molar-refractivity contribution in [1.82, 2.24) is 9.55 Å². The molecule has 8 heteroatoms. The van der Waals surface area contributed by atoms with Gasteiger partial charge in [0.2, 0.25) is 5.95 Å². The minimum absolute atomic E-state index is 0.0347. The van der Waals surface area contributed by atoms with Gasteiger partial charge in [0, 0.05) is 23.5 Å². The van der Waals surface area contributed by atoms with Crippen LogP contribution in [-0.2, 0) is 4.79 Å². The van der Waals surface area contributed by atoms with E-state index in [1.165, 1.54) is 12.1 Å². The first-order valence-corrected chi connectivity index (χ1v) is 10.1. The van der Waals surface area contributed by atoms with E-state index in [0.717, 1.165) is 11.0 Å². The van der Waals surface area contributed by atoms with Crippen LogP contribution in [0.25, 0.3) is 11.0 Å². The Morgan fingerprint density at radius 2 is 1.81 bits per heavy atom. The summed E-state index contributed by atoms with van der Waals surface area (Å²) in [5.74, 6) is 0.289. The first-order chi connectivity index (χ1) is 15.5. The van der Waals surface area contributed by atoms with Gasteiger partial charge >= 0.3 is 0 Å². The van der Waals surface area contributed by atoms with Gasteiger partial charge in [0.25, 0.3) is 11.6 Å². The highest BCUT2D eigenvalue weighted by Gasteiger charge is 2.34. The average Bonchev–Trinajstić information content (AvgIpc) is 3.16. The third-order valence-corrected chi connectivity index (χ3v) is 5.50. The molecule has 0 spiro atoms. The number of nitrogens with zero attached hydrogens (tertiary/aromatic N) is 3. The SMILES string of the molecule is CC1=C(C(=O)Nc2ccccc2)[C@H](c2cccc([N+](=O)[O-])c2)n2c(nc3ccccc32)N1. The summed E-state index contributed by atoms with van der Waals surface area (Å²) >= 11 is 0. The summed E-state index contributed by atoms with van der Waals surface area (Å²) in [5.41, 5.74) is 3.95. The van der Waals surface area contributed by atoms with Gasteiger partial charge < -0.3 is 10.6 Å². The molecule has 0 aliphatic carbocycles. The molecule has 0 unspecified atom stereocenters. The lowest BCUT2D eigenvalue weighted by atomic mass is 9.94. The monoisotopic (exact) mass is 425 g/mol. The largest absolute Gasteiger partial charge is 0.329 e. The Bertz CT molecular complexity index is 1390. The fraction of sp³-hybridized carbons (Fsp3) is 0.0833. The number of imidazole rings is 1. The average molecular weight is 425 g/mol. The second-order valence-corrected chi connectivity index (χ2v) is 7.53. The molecule has 2 heterocycles. The maximum Gasteiger partial charge on any atom is 0.269 e. The van der Waals surface area contributed by atoms with Crippen molar-refractivity contribution in [2.75, 3.05) is 10.6 Å². The molecule has 8 nitrogen and oxygen atoms in total. The Morgan fingerprint density at radius 1 is 1.06 bits per heavy atom. The van der Waals surface area contributed by atoms with E-state index in [1.54, 1.807) is 12.1 Å². The number of non-ortho nitro benzene ring substituents is 1. The quantitative estimate of drug-likeness (QED) is 0.359. The van der Waals surface area contributed by atoms with E-state index < -0.39 is 11.0 Å². The molecule has 158 valence electrons. The van der Waals surface area contributed by atoms with Crippen molar-refractivity contribution in [3.05, 3.63) is 106 Å². The van der Waals surface area contributed by atoms with Crippen LogP contribution in [-0.4, -0.2) is 20.4 Å². The van der Waals surface area contributed by atoms with Gasteiger partial charge in [-0.25, -0.2) is 4.98 Å². The van der Waals surface area contributed by atoms with Crippen LogP contribution in [0.4, 0.5) is 17.3 Å². The second-order valence-electron chi connectivity index (χ2n) is 7.53. The molecule has 4 aromatic rings. The van der Waals surface area contributed by atoms with Crippen LogP contribution in [0.5, 0.6) is 0 Å². The number of carbonyl (C=O) groups excluding carboxylic acids is 1. The van der Waals surface area contributed by atoms with Gasteiger partial charge in [-0.05, 0) is 36.8 Å². The van der Waals surface area contributed by atoms with Crippen LogP contribution in [0.1, 0.15) is 18.5 Å². The minimum atomic E-state index is -0.595. The van der Waals surface area contributed by atoms with Gasteiger partial charge in [0.05, 0.1) is 27.6 Å². The lowest BCUT2D eigenvalue weighted by molar-refractivity contribution is -0.384. The third-order valence-electron chi connectivity index (χ3n) is 5.50. The Labute approximate surface area is 183 Å². The first kappa shape index (κ1) is 19.5. The number of aromatic nitrogens is 2. The van der Waals surface area contributed by atoms with Crippen molar-refractivity contribution in [2.45, 2.75) is 13.0 Å². The van der Waals surface area contributed by atoms with E-state index in [0.29, 0.717) is 28.5 Å².